The molecule has 94 valence electrons. The SMILES string of the molecule is NC(c1cc(F)cc(Br)c1)c1ccc(F)c(Br)c1. The third-order valence-electron chi connectivity index (χ3n) is 2.55. The Morgan fingerprint density at radius 2 is 1.67 bits per heavy atom. The highest BCUT2D eigenvalue weighted by molar-refractivity contribution is 9.10. The molecule has 2 N–H and O–H groups in total. The van der Waals surface area contributed by atoms with E-state index < -0.39 is 6.04 Å². The molecular formula is C13H9Br2F2N. The normalized spacial score (nSPS) is 12.5. The van der Waals surface area contributed by atoms with E-state index in [-0.39, 0.29) is 11.6 Å². The lowest BCUT2D eigenvalue weighted by Crippen LogP contribution is -2.12. The average Bonchev–Trinajstić information content (AvgIpc) is 2.30. The monoisotopic (exact) mass is 375 g/mol. The van der Waals surface area contributed by atoms with Gasteiger partial charge in [-0.3, -0.25) is 0 Å². The van der Waals surface area contributed by atoms with Crippen molar-refractivity contribution in [2.75, 3.05) is 0 Å². The van der Waals surface area contributed by atoms with Crippen LogP contribution in [0.5, 0.6) is 0 Å². The van der Waals surface area contributed by atoms with E-state index in [1.54, 1.807) is 18.2 Å². The molecule has 5 heteroatoms. The zero-order valence-electron chi connectivity index (χ0n) is 9.13. The van der Waals surface area contributed by atoms with Crippen molar-refractivity contribution in [3.05, 3.63) is 68.1 Å². The summed E-state index contributed by atoms with van der Waals surface area (Å²) in [5.74, 6) is -0.720. The van der Waals surface area contributed by atoms with Crippen LogP contribution in [0.2, 0.25) is 0 Å². The molecule has 0 aromatic heterocycles. The van der Waals surface area contributed by atoms with Crippen LogP contribution in [0, 0.1) is 11.6 Å². The van der Waals surface area contributed by atoms with Crippen molar-refractivity contribution < 1.29 is 8.78 Å². The molecule has 2 aromatic rings. The first-order chi connectivity index (χ1) is 8.47. The first-order valence-corrected chi connectivity index (χ1v) is 6.72. The topological polar surface area (TPSA) is 26.0 Å². The Kier molecular flexibility index (Phi) is 4.14. The molecule has 0 fully saturated rings. The van der Waals surface area contributed by atoms with Crippen LogP contribution in [0.25, 0.3) is 0 Å². The fourth-order valence-corrected chi connectivity index (χ4v) is 2.53. The number of hydrogen-bond donors (Lipinski definition) is 1. The summed E-state index contributed by atoms with van der Waals surface area (Å²) in [6.07, 6.45) is 0. The number of rotatable bonds is 2. The second kappa shape index (κ2) is 5.47. The van der Waals surface area contributed by atoms with Gasteiger partial charge in [0.1, 0.15) is 11.6 Å². The maximum absolute atomic E-state index is 13.3. The van der Waals surface area contributed by atoms with Gasteiger partial charge < -0.3 is 5.73 Å². The minimum atomic E-state index is -0.506. The fraction of sp³-hybridized carbons (Fsp3) is 0.0769. The largest absolute Gasteiger partial charge is 0.320 e. The molecule has 1 nitrogen and oxygen atoms in total. The van der Waals surface area contributed by atoms with E-state index in [9.17, 15) is 8.78 Å². The van der Waals surface area contributed by atoms with Gasteiger partial charge in [-0.25, -0.2) is 8.78 Å². The van der Waals surface area contributed by atoms with Crippen molar-refractivity contribution in [1.29, 1.82) is 0 Å². The first kappa shape index (κ1) is 13.6. The van der Waals surface area contributed by atoms with Gasteiger partial charge in [0.25, 0.3) is 0 Å². The van der Waals surface area contributed by atoms with E-state index in [1.165, 1.54) is 18.2 Å². The summed E-state index contributed by atoms with van der Waals surface area (Å²) in [5.41, 5.74) is 7.38. The van der Waals surface area contributed by atoms with E-state index in [4.69, 9.17) is 5.73 Å². The van der Waals surface area contributed by atoms with Crippen LogP contribution >= 0.6 is 31.9 Å². The molecule has 1 atom stereocenters. The van der Waals surface area contributed by atoms with Gasteiger partial charge in [-0.2, -0.15) is 0 Å². The molecule has 0 radical (unpaired) electrons. The molecule has 0 saturated heterocycles. The summed E-state index contributed by atoms with van der Waals surface area (Å²) in [5, 5.41) is 0. The number of halogens is 4. The molecule has 0 aliphatic heterocycles. The second-order valence-corrected chi connectivity index (χ2v) is 5.62. The molecular weight excluding hydrogens is 368 g/mol. The predicted molar refractivity (Wildman–Crippen MR) is 74.2 cm³/mol. The molecule has 2 aromatic carbocycles. The van der Waals surface area contributed by atoms with E-state index in [1.807, 2.05) is 0 Å². The molecule has 0 aliphatic rings. The Bertz CT molecular complexity index is 567. The van der Waals surface area contributed by atoms with Gasteiger partial charge in [-0.1, -0.05) is 22.0 Å². The number of hydrogen-bond acceptors (Lipinski definition) is 1. The summed E-state index contributed by atoms with van der Waals surface area (Å²) >= 11 is 6.32. The van der Waals surface area contributed by atoms with Crippen molar-refractivity contribution in [2.24, 2.45) is 5.73 Å². The van der Waals surface area contributed by atoms with E-state index in [0.29, 0.717) is 20.1 Å². The van der Waals surface area contributed by atoms with E-state index in [0.717, 1.165) is 0 Å². The van der Waals surface area contributed by atoms with Gasteiger partial charge in [-0.15, -0.1) is 0 Å². The minimum absolute atomic E-state index is 0.339. The number of nitrogens with two attached hydrogens (primary N) is 1. The minimum Gasteiger partial charge on any atom is -0.320 e. The van der Waals surface area contributed by atoms with Crippen molar-refractivity contribution >= 4 is 31.9 Å². The summed E-state index contributed by atoms with van der Waals surface area (Å²) < 4.78 is 27.4. The van der Waals surface area contributed by atoms with Gasteiger partial charge >= 0.3 is 0 Å². The lowest BCUT2D eigenvalue weighted by Gasteiger charge is -2.13. The average molecular weight is 377 g/mol. The molecule has 0 spiro atoms. The Labute approximate surface area is 120 Å². The highest BCUT2D eigenvalue weighted by atomic mass is 79.9. The van der Waals surface area contributed by atoms with Gasteiger partial charge in [-0.05, 0) is 57.4 Å². The van der Waals surface area contributed by atoms with Crippen LogP contribution in [-0.4, -0.2) is 0 Å². The molecule has 1 unspecified atom stereocenters. The van der Waals surface area contributed by atoms with Crippen molar-refractivity contribution in [3.63, 3.8) is 0 Å². The van der Waals surface area contributed by atoms with Crippen LogP contribution in [0.4, 0.5) is 8.78 Å². The Hall–Kier alpha value is -0.780. The molecule has 2 rings (SSSR count). The van der Waals surface area contributed by atoms with E-state index in [2.05, 4.69) is 31.9 Å². The molecule has 0 saturated carbocycles. The van der Waals surface area contributed by atoms with Gasteiger partial charge in [0.2, 0.25) is 0 Å². The highest BCUT2D eigenvalue weighted by Gasteiger charge is 2.12. The third-order valence-corrected chi connectivity index (χ3v) is 3.61. The zero-order chi connectivity index (χ0) is 13.3. The predicted octanol–water partition coefficient (Wildman–Crippen LogP) is 4.54. The van der Waals surface area contributed by atoms with Gasteiger partial charge in [0.15, 0.2) is 0 Å². The Morgan fingerprint density at radius 3 is 2.28 bits per heavy atom. The Morgan fingerprint density at radius 1 is 0.944 bits per heavy atom. The molecule has 0 aliphatic carbocycles. The van der Waals surface area contributed by atoms with Crippen LogP contribution in [0.15, 0.2) is 45.3 Å². The van der Waals surface area contributed by atoms with Crippen LogP contribution in [-0.2, 0) is 0 Å². The van der Waals surface area contributed by atoms with Crippen LogP contribution in [0.3, 0.4) is 0 Å². The first-order valence-electron chi connectivity index (χ1n) is 5.14. The summed E-state index contributed by atoms with van der Waals surface area (Å²) in [4.78, 5) is 0. The van der Waals surface area contributed by atoms with Gasteiger partial charge in [0.05, 0.1) is 10.5 Å². The second-order valence-electron chi connectivity index (χ2n) is 3.85. The zero-order valence-corrected chi connectivity index (χ0v) is 12.3. The maximum Gasteiger partial charge on any atom is 0.137 e. The third kappa shape index (κ3) is 2.96. The molecule has 0 bridgehead atoms. The van der Waals surface area contributed by atoms with E-state index >= 15 is 0 Å². The standard InChI is InChI=1S/C13H9Br2F2N/c14-9-3-8(4-10(16)6-9)13(18)7-1-2-12(17)11(15)5-7/h1-6,13H,18H2. The lowest BCUT2D eigenvalue weighted by molar-refractivity contribution is 0.617. The highest BCUT2D eigenvalue weighted by Crippen LogP contribution is 2.26. The molecule has 18 heavy (non-hydrogen) atoms. The smallest absolute Gasteiger partial charge is 0.137 e. The Balaban J connectivity index is 2.40. The van der Waals surface area contributed by atoms with Crippen LogP contribution < -0.4 is 5.73 Å². The molecule has 0 amide bonds. The summed E-state index contributed by atoms with van der Waals surface area (Å²) in [6, 6.07) is 8.47. The van der Waals surface area contributed by atoms with Crippen molar-refractivity contribution in [2.45, 2.75) is 6.04 Å². The van der Waals surface area contributed by atoms with Gasteiger partial charge in [0, 0.05) is 4.47 Å². The number of benzene rings is 2. The fourth-order valence-electron chi connectivity index (χ4n) is 1.65. The summed E-state index contributed by atoms with van der Waals surface area (Å²) in [6.45, 7) is 0. The summed E-state index contributed by atoms with van der Waals surface area (Å²) in [7, 11) is 0. The quantitative estimate of drug-likeness (QED) is 0.818. The van der Waals surface area contributed by atoms with Crippen molar-refractivity contribution in [3.8, 4) is 0 Å². The van der Waals surface area contributed by atoms with Crippen LogP contribution in [0.1, 0.15) is 17.2 Å². The molecule has 0 heterocycles. The van der Waals surface area contributed by atoms with Crippen molar-refractivity contribution in [1.82, 2.24) is 0 Å². The lowest BCUT2D eigenvalue weighted by atomic mass is 10.00. The maximum atomic E-state index is 13.3.